The van der Waals surface area contributed by atoms with E-state index in [-0.39, 0.29) is 11.4 Å². The summed E-state index contributed by atoms with van der Waals surface area (Å²) in [6.45, 7) is 9.56. The first kappa shape index (κ1) is 12.5. The van der Waals surface area contributed by atoms with E-state index in [0.717, 1.165) is 6.54 Å². The van der Waals surface area contributed by atoms with Gasteiger partial charge < -0.3 is 9.64 Å². The Hall–Kier alpha value is -0.610. The molecule has 0 bridgehead atoms. The molecule has 0 saturated carbocycles. The molecule has 0 aromatic heterocycles. The number of morpholine rings is 1. The zero-order chi connectivity index (χ0) is 11.5. The van der Waals surface area contributed by atoms with Crippen molar-refractivity contribution in [3.05, 3.63) is 0 Å². The topological polar surface area (TPSA) is 32.8 Å². The Morgan fingerprint density at radius 2 is 2.20 bits per heavy atom. The summed E-state index contributed by atoms with van der Waals surface area (Å²) in [5.41, 5.74) is -0.163. The van der Waals surface area contributed by atoms with Gasteiger partial charge in [0.1, 0.15) is 0 Å². The zero-order valence-electron chi connectivity index (χ0n) is 10.2. The van der Waals surface area contributed by atoms with Crippen molar-refractivity contribution in [2.24, 2.45) is 0 Å². The Bertz CT molecular complexity index is 229. The maximum Gasteiger partial charge on any atom is 0.237 e. The SMILES string of the molecule is CCN(C)CC(=O)N1CCOCC1(C)C. The van der Waals surface area contributed by atoms with Gasteiger partial charge in [0.15, 0.2) is 0 Å². The van der Waals surface area contributed by atoms with Gasteiger partial charge >= 0.3 is 0 Å². The number of hydrogen-bond acceptors (Lipinski definition) is 3. The third kappa shape index (κ3) is 3.18. The van der Waals surface area contributed by atoms with Crippen molar-refractivity contribution in [2.75, 3.05) is 39.9 Å². The van der Waals surface area contributed by atoms with Gasteiger partial charge in [0.2, 0.25) is 5.91 Å². The van der Waals surface area contributed by atoms with Crippen LogP contribution in [0.25, 0.3) is 0 Å². The van der Waals surface area contributed by atoms with Crippen molar-refractivity contribution >= 4 is 5.91 Å². The van der Waals surface area contributed by atoms with E-state index in [4.69, 9.17) is 4.74 Å². The van der Waals surface area contributed by atoms with Crippen molar-refractivity contribution in [3.8, 4) is 0 Å². The van der Waals surface area contributed by atoms with Crippen LogP contribution in [0.4, 0.5) is 0 Å². The fourth-order valence-corrected chi connectivity index (χ4v) is 1.75. The molecule has 88 valence electrons. The van der Waals surface area contributed by atoms with Crippen molar-refractivity contribution in [1.29, 1.82) is 0 Å². The molecule has 1 fully saturated rings. The second kappa shape index (κ2) is 4.94. The van der Waals surface area contributed by atoms with Gasteiger partial charge in [-0.2, -0.15) is 0 Å². The number of carbonyl (C=O) groups excluding carboxylic acids is 1. The molecule has 0 aromatic carbocycles. The van der Waals surface area contributed by atoms with Gasteiger partial charge in [-0.15, -0.1) is 0 Å². The third-order valence-electron chi connectivity index (χ3n) is 2.89. The summed E-state index contributed by atoms with van der Waals surface area (Å²) in [6, 6.07) is 0. The quantitative estimate of drug-likeness (QED) is 0.689. The molecule has 1 rings (SSSR count). The van der Waals surface area contributed by atoms with Crippen LogP contribution >= 0.6 is 0 Å². The second-order valence-corrected chi connectivity index (χ2v) is 4.74. The zero-order valence-corrected chi connectivity index (χ0v) is 10.2. The summed E-state index contributed by atoms with van der Waals surface area (Å²) in [5, 5.41) is 0. The standard InChI is InChI=1S/C11H22N2O2/c1-5-12(4)8-10(14)13-6-7-15-9-11(13,2)3/h5-9H2,1-4H3. The minimum Gasteiger partial charge on any atom is -0.377 e. The van der Waals surface area contributed by atoms with Crippen LogP contribution < -0.4 is 0 Å². The molecule has 15 heavy (non-hydrogen) atoms. The predicted octanol–water partition coefficient (Wildman–Crippen LogP) is 0.575. The smallest absolute Gasteiger partial charge is 0.237 e. The molecule has 4 nitrogen and oxygen atoms in total. The molecular weight excluding hydrogens is 192 g/mol. The van der Waals surface area contributed by atoms with E-state index < -0.39 is 0 Å². The molecule has 0 atom stereocenters. The van der Waals surface area contributed by atoms with E-state index in [9.17, 15) is 4.79 Å². The molecule has 1 heterocycles. The van der Waals surface area contributed by atoms with Crippen molar-refractivity contribution in [3.63, 3.8) is 0 Å². The Labute approximate surface area is 92.2 Å². The van der Waals surface area contributed by atoms with E-state index in [2.05, 4.69) is 20.8 Å². The molecule has 1 aliphatic heterocycles. The highest BCUT2D eigenvalue weighted by molar-refractivity contribution is 5.79. The third-order valence-corrected chi connectivity index (χ3v) is 2.89. The van der Waals surface area contributed by atoms with Crippen LogP contribution in [0, 0.1) is 0 Å². The number of rotatable bonds is 3. The molecule has 1 saturated heterocycles. The van der Waals surface area contributed by atoms with Gasteiger partial charge in [0, 0.05) is 6.54 Å². The van der Waals surface area contributed by atoms with Crippen molar-refractivity contribution in [2.45, 2.75) is 26.3 Å². The lowest BCUT2D eigenvalue weighted by Gasteiger charge is -2.42. The molecule has 0 spiro atoms. The molecule has 0 aliphatic carbocycles. The lowest BCUT2D eigenvalue weighted by Crippen LogP contribution is -2.57. The van der Waals surface area contributed by atoms with Crippen LogP contribution in [0.15, 0.2) is 0 Å². The minimum absolute atomic E-state index is 0.163. The summed E-state index contributed by atoms with van der Waals surface area (Å²) in [6.07, 6.45) is 0. The number of carbonyl (C=O) groups is 1. The largest absolute Gasteiger partial charge is 0.377 e. The van der Waals surface area contributed by atoms with Gasteiger partial charge in [0.05, 0.1) is 25.3 Å². The average molecular weight is 214 g/mol. The van der Waals surface area contributed by atoms with Crippen LogP contribution in [0.3, 0.4) is 0 Å². The van der Waals surface area contributed by atoms with E-state index in [1.165, 1.54) is 0 Å². The number of amides is 1. The molecule has 0 unspecified atom stereocenters. The average Bonchev–Trinajstić information content (AvgIpc) is 2.16. The van der Waals surface area contributed by atoms with Crippen molar-refractivity contribution in [1.82, 2.24) is 9.80 Å². The fourth-order valence-electron chi connectivity index (χ4n) is 1.75. The first-order valence-corrected chi connectivity index (χ1v) is 5.54. The van der Waals surface area contributed by atoms with Gasteiger partial charge in [-0.3, -0.25) is 9.69 Å². The molecule has 1 aliphatic rings. The van der Waals surface area contributed by atoms with Gasteiger partial charge in [-0.1, -0.05) is 6.92 Å². The summed E-state index contributed by atoms with van der Waals surface area (Å²) >= 11 is 0. The Balaban J connectivity index is 2.57. The van der Waals surface area contributed by atoms with E-state index in [1.807, 2.05) is 16.8 Å². The van der Waals surface area contributed by atoms with Gasteiger partial charge in [0.25, 0.3) is 0 Å². The summed E-state index contributed by atoms with van der Waals surface area (Å²) in [4.78, 5) is 16.0. The van der Waals surface area contributed by atoms with E-state index >= 15 is 0 Å². The lowest BCUT2D eigenvalue weighted by molar-refractivity contribution is -0.147. The highest BCUT2D eigenvalue weighted by Gasteiger charge is 2.33. The van der Waals surface area contributed by atoms with Crippen LogP contribution in [0.2, 0.25) is 0 Å². The van der Waals surface area contributed by atoms with Crippen LogP contribution in [-0.2, 0) is 9.53 Å². The second-order valence-electron chi connectivity index (χ2n) is 4.74. The van der Waals surface area contributed by atoms with Crippen LogP contribution in [-0.4, -0.2) is 61.1 Å². The monoisotopic (exact) mass is 214 g/mol. The number of hydrogen-bond donors (Lipinski definition) is 0. The lowest BCUT2D eigenvalue weighted by atomic mass is 10.0. The Morgan fingerprint density at radius 3 is 2.73 bits per heavy atom. The minimum atomic E-state index is -0.163. The van der Waals surface area contributed by atoms with E-state index in [0.29, 0.717) is 26.3 Å². The summed E-state index contributed by atoms with van der Waals surface area (Å²) < 4.78 is 5.39. The molecular formula is C11H22N2O2. The van der Waals surface area contributed by atoms with Gasteiger partial charge in [-0.05, 0) is 27.4 Å². The van der Waals surface area contributed by atoms with E-state index in [1.54, 1.807) is 0 Å². The Morgan fingerprint density at radius 1 is 1.53 bits per heavy atom. The fraction of sp³-hybridized carbons (Fsp3) is 0.909. The van der Waals surface area contributed by atoms with Crippen LogP contribution in [0.5, 0.6) is 0 Å². The normalized spacial score (nSPS) is 20.7. The number of nitrogens with zero attached hydrogens (tertiary/aromatic N) is 2. The molecule has 0 radical (unpaired) electrons. The molecule has 1 amide bonds. The van der Waals surface area contributed by atoms with Crippen molar-refractivity contribution < 1.29 is 9.53 Å². The van der Waals surface area contributed by atoms with Gasteiger partial charge in [-0.25, -0.2) is 0 Å². The maximum atomic E-state index is 12.0. The maximum absolute atomic E-state index is 12.0. The number of likely N-dealkylation sites (N-methyl/N-ethyl adjacent to an activating group) is 1. The van der Waals surface area contributed by atoms with Crippen LogP contribution in [0.1, 0.15) is 20.8 Å². The molecule has 0 aromatic rings. The number of ether oxygens (including phenoxy) is 1. The first-order valence-electron chi connectivity index (χ1n) is 5.54. The molecule has 4 heteroatoms. The predicted molar refractivity (Wildman–Crippen MR) is 59.8 cm³/mol. The highest BCUT2D eigenvalue weighted by atomic mass is 16.5. The summed E-state index contributed by atoms with van der Waals surface area (Å²) in [5.74, 6) is 0.202. The first-order chi connectivity index (χ1) is 6.97. The summed E-state index contributed by atoms with van der Waals surface area (Å²) in [7, 11) is 1.96. The molecule has 0 N–H and O–H groups in total. The Kier molecular flexibility index (Phi) is 4.11. The highest BCUT2D eigenvalue weighted by Crippen LogP contribution is 2.18.